The first-order chi connectivity index (χ1) is 8.74. The summed E-state index contributed by atoms with van der Waals surface area (Å²) in [5, 5.41) is 9.79. The Bertz CT molecular complexity index is 717. The molecular weight excluding hydrogens is 228 g/mol. The lowest BCUT2D eigenvalue weighted by Crippen LogP contribution is -1.99. The quantitative estimate of drug-likeness (QED) is 0.721. The van der Waals surface area contributed by atoms with E-state index in [4.69, 9.17) is 5.11 Å². The third-order valence-electron chi connectivity index (χ3n) is 2.78. The second kappa shape index (κ2) is 4.00. The second-order valence-electron chi connectivity index (χ2n) is 3.99. The third-order valence-corrected chi connectivity index (χ3v) is 2.78. The van der Waals surface area contributed by atoms with E-state index >= 15 is 0 Å². The van der Waals surface area contributed by atoms with Gasteiger partial charge in [-0.2, -0.15) is 0 Å². The molecule has 2 heterocycles. The highest BCUT2D eigenvalue weighted by molar-refractivity contribution is 5.90. The molecule has 1 aromatic carbocycles. The Labute approximate surface area is 103 Å². The molecule has 2 N–H and O–H groups in total. The molecule has 4 nitrogen and oxygen atoms in total. The molecule has 88 valence electrons. The lowest BCUT2D eigenvalue weighted by atomic mass is 10.1. The van der Waals surface area contributed by atoms with Crippen LogP contribution in [0.5, 0.6) is 0 Å². The average molecular weight is 238 g/mol. The van der Waals surface area contributed by atoms with Crippen molar-refractivity contribution in [2.45, 2.75) is 0 Å². The van der Waals surface area contributed by atoms with Crippen molar-refractivity contribution >= 4 is 17.0 Å². The summed E-state index contributed by atoms with van der Waals surface area (Å²) in [6.45, 7) is 0. The molecule has 0 unspecified atom stereocenters. The second-order valence-corrected chi connectivity index (χ2v) is 3.99. The van der Waals surface area contributed by atoms with Gasteiger partial charge in [0.2, 0.25) is 0 Å². The van der Waals surface area contributed by atoms with Crippen LogP contribution in [0.4, 0.5) is 0 Å². The van der Waals surface area contributed by atoms with E-state index in [1.165, 1.54) is 6.07 Å². The molecule has 0 atom stereocenters. The van der Waals surface area contributed by atoms with E-state index in [0.29, 0.717) is 5.65 Å². The molecule has 0 amide bonds. The molecular formula is C14H10N2O2. The summed E-state index contributed by atoms with van der Waals surface area (Å²) in [5.74, 6) is -1.02. The fraction of sp³-hybridized carbons (Fsp3) is 0. The van der Waals surface area contributed by atoms with Crippen LogP contribution in [-0.2, 0) is 0 Å². The number of carboxylic acid groups (broad SMARTS) is 1. The lowest BCUT2D eigenvalue weighted by molar-refractivity contribution is 0.0691. The zero-order valence-corrected chi connectivity index (χ0v) is 9.42. The number of aromatic amines is 1. The largest absolute Gasteiger partial charge is 0.477 e. The molecule has 3 rings (SSSR count). The van der Waals surface area contributed by atoms with Gasteiger partial charge in [0.05, 0.1) is 0 Å². The Balaban J connectivity index is 2.14. The Morgan fingerprint density at radius 3 is 2.61 bits per heavy atom. The third kappa shape index (κ3) is 1.73. The fourth-order valence-electron chi connectivity index (χ4n) is 1.90. The summed E-state index contributed by atoms with van der Waals surface area (Å²) in [6.07, 6.45) is 0. The van der Waals surface area contributed by atoms with Crippen LogP contribution in [0.15, 0.2) is 48.5 Å². The summed E-state index contributed by atoms with van der Waals surface area (Å²) in [6, 6.07) is 15.1. The van der Waals surface area contributed by atoms with E-state index in [-0.39, 0.29) is 5.69 Å². The van der Waals surface area contributed by atoms with Gasteiger partial charge in [-0.25, -0.2) is 9.78 Å². The number of aromatic carboxylic acids is 1. The molecule has 0 spiro atoms. The van der Waals surface area contributed by atoms with Crippen LogP contribution in [0.1, 0.15) is 10.5 Å². The normalized spacial score (nSPS) is 10.7. The summed E-state index contributed by atoms with van der Waals surface area (Å²) >= 11 is 0. The van der Waals surface area contributed by atoms with Gasteiger partial charge < -0.3 is 10.1 Å². The maximum absolute atomic E-state index is 10.8. The predicted octanol–water partition coefficient (Wildman–Crippen LogP) is 2.93. The van der Waals surface area contributed by atoms with Crippen molar-refractivity contribution < 1.29 is 9.90 Å². The van der Waals surface area contributed by atoms with Crippen molar-refractivity contribution in [1.82, 2.24) is 9.97 Å². The SMILES string of the molecule is O=C(O)c1ccc2cc(-c3ccccc3)[nH]c2n1. The van der Waals surface area contributed by atoms with Crippen LogP contribution in [0, 0.1) is 0 Å². The molecule has 0 fully saturated rings. The van der Waals surface area contributed by atoms with Crippen LogP contribution in [0.2, 0.25) is 0 Å². The number of pyridine rings is 1. The number of fused-ring (bicyclic) bond motifs is 1. The first-order valence-corrected chi connectivity index (χ1v) is 5.52. The predicted molar refractivity (Wildman–Crippen MR) is 68.5 cm³/mol. The number of hydrogen-bond donors (Lipinski definition) is 2. The van der Waals surface area contributed by atoms with Crippen molar-refractivity contribution in [3.8, 4) is 11.3 Å². The number of H-pyrrole nitrogens is 1. The highest BCUT2D eigenvalue weighted by Crippen LogP contribution is 2.22. The van der Waals surface area contributed by atoms with Crippen LogP contribution < -0.4 is 0 Å². The minimum absolute atomic E-state index is 0.0453. The summed E-state index contributed by atoms with van der Waals surface area (Å²) in [5.41, 5.74) is 2.62. The van der Waals surface area contributed by atoms with Gasteiger partial charge >= 0.3 is 5.97 Å². The van der Waals surface area contributed by atoms with Crippen molar-refractivity contribution in [3.05, 3.63) is 54.2 Å². The molecule has 4 heteroatoms. The number of aromatic nitrogens is 2. The highest BCUT2D eigenvalue weighted by atomic mass is 16.4. The number of carboxylic acids is 1. The van der Waals surface area contributed by atoms with Crippen molar-refractivity contribution in [2.75, 3.05) is 0 Å². The van der Waals surface area contributed by atoms with Gasteiger partial charge in [0.1, 0.15) is 5.65 Å². The van der Waals surface area contributed by atoms with Gasteiger partial charge in [0.25, 0.3) is 0 Å². The average Bonchev–Trinajstić information content (AvgIpc) is 2.82. The smallest absolute Gasteiger partial charge is 0.354 e. The van der Waals surface area contributed by atoms with Crippen LogP contribution >= 0.6 is 0 Å². The molecule has 0 radical (unpaired) electrons. The van der Waals surface area contributed by atoms with Crippen molar-refractivity contribution in [3.63, 3.8) is 0 Å². The standard InChI is InChI=1S/C14H10N2O2/c17-14(18)11-7-6-10-8-12(16-13(10)15-11)9-4-2-1-3-5-9/h1-8H,(H,15,16)(H,17,18). The van der Waals surface area contributed by atoms with Crippen LogP contribution in [0.25, 0.3) is 22.3 Å². The first kappa shape index (κ1) is 10.5. The van der Waals surface area contributed by atoms with Crippen molar-refractivity contribution in [1.29, 1.82) is 0 Å². The van der Waals surface area contributed by atoms with Gasteiger partial charge in [-0.15, -0.1) is 0 Å². The van der Waals surface area contributed by atoms with Gasteiger partial charge in [0, 0.05) is 11.1 Å². The molecule has 0 bridgehead atoms. The van der Waals surface area contributed by atoms with E-state index in [9.17, 15) is 4.79 Å². The minimum Gasteiger partial charge on any atom is -0.477 e. The van der Waals surface area contributed by atoms with Gasteiger partial charge in [0.15, 0.2) is 5.69 Å². The fourth-order valence-corrected chi connectivity index (χ4v) is 1.90. The molecule has 0 saturated carbocycles. The molecule has 0 aliphatic carbocycles. The summed E-state index contributed by atoms with van der Waals surface area (Å²) in [7, 11) is 0. The number of carbonyl (C=O) groups is 1. The molecule has 0 aliphatic heterocycles. The lowest BCUT2D eigenvalue weighted by Gasteiger charge is -1.95. The number of rotatable bonds is 2. The molecule has 3 aromatic rings. The van der Waals surface area contributed by atoms with E-state index < -0.39 is 5.97 Å². The number of benzene rings is 1. The van der Waals surface area contributed by atoms with E-state index in [1.54, 1.807) is 6.07 Å². The molecule has 0 aliphatic rings. The molecule has 2 aromatic heterocycles. The Morgan fingerprint density at radius 1 is 1.11 bits per heavy atom. The van der Waals surface area contributed by atoms with Gasteiger partial charge in [-0.3, -0.25) is 0 Å². The maximum atomic E-state index is 10.8. The molecule has 18 heavy (non-hydrogen) atoms. The Kier molecular flexibility index (Phi) is 2.34. The zero-order chi connectivity index (χ0) is 12.5. The van der Waals surface area contributed by atoms with Crippen LogP contribution in [0.3, 0.4) is 0 Å². The number of nitrogens with one attached hydrogen (secondary N) is 1. The van der Waals surface area contributed by atoms with E-state index in [0.717, 1.165) is 16.6 Å². The van der Waals surface area contributed by atoms with Crippen molar-refractivity contribution in [2.24, 2.45) is 0 Å². The van der Waals surface area contributed by atoms with Gasteiger partial charge in [-0.05, 0) is 23.8 Å². The maximum Gasteiger partial charge on any atom is 0.354 e. The summed E-state index contributed by atoms with van der Waals surface area (Å²) < 4.78 is 0. The Morgan fingerprint density at radius 2 is 1.89 bits per heavy atom. The van der Waals surface area contributed by atoms with E-state index in [2.05, 4.69) is 9.97 Å². The minimum atomic E-state index is -1.02. The number of hydrogen-bond acceptors (Lipinski definition) is 2. The van der Waals surface area contributed by atoms with Crippen LogP contribution in [-0.4, -0.2) is 21.0 Å². The zero-order valence-electron chi connectivity index (χ0n) is 9.42. The van der Waals surface area contributed by atoms with E-state index in [1.807, 2.05) is 36.4 Å². The topological polar surface area (TPSA) is 66.0 Å². The first-order valence-electron chi connectivity index (χ1n) is 5.52. The Hall–Kier alpha value is -2.62. The molecule has 0 saturated heterocycles. The summed E-state index contributed by atoms with van der Waals surface area (Å²) in [4.78, 5) is 18.0. The van der Waals surface area contributed by atoms with Gasteiger partial charge in [-0.1, -0.05) is 30.3 Å². The monoisotopic (exact) mass is 238 g/mol. The highest BCUT2D eigenvalue weighted by Gasteiger charge is 2.08. The number of nitrogens with zero attached hydrogens (tertiary/aromatic N) is 1.